The molecule has 1 aromatic heterocycles. The highest BCUT2D eigenvalue weighted by molar-refractivity contribution is 5.55. The van der Waals surface area contributed by atoms with Crippen LogP contribution in [0.4, 0.5) is 5.95 Å². The standard InChI is InChI=1S/C16H22N4O/c17-9-8-13-6-5-7-14(12-13)15-18-16(19-21-15)20-10-3-1-2-4-11-20/h5-7,12H,1-4,8-11,17H2. The van der Waals surface area contributed by atoms with E-state index in [0.717, 1.165) is 31.0 Å². The van der Waals surface area contributed by atoms with Crippen LogP contribution < -0.4 is 10.6 Å². The molecule has 1 aliphatic rings. The second-order valence-electron chi connectivity index (χ2n) is 5.54. The monoisotopic (exact) mass is 286 g/mol. The number of aromatic nitrogens is 2. The molecule has 2 heterocycles. The van der Waals surface area contributed by atoms with Crippen LogP contribution >= 0.6 is 0 Å². The molecule has 5 heteroatoms. The summed E-state index contributed by atoms with van der Waals surface area (Å²) in [7, 11) is 0. The quantitative estimate of drug-likeness (QED) is 0.935. The zero-order valence-corrected chi connectivity index (χ0v) is 12.3. The van der Waals surface area contributed by atoms with Gasteiger partial charge in [0, 0.05) is 18.7 Å². The maximum atomic E-state index is 5.61. The van der Waals surface area contributed by atoms with Crippen molar-refractivity contribution in [3.05, 3.63) is 29.8 Å². The van der Waals surface area contributed by atoms with Crippen LogP contribution in [0.25, 0.3) is 11.5 Å². The Balaban J connectivity index is 1.79. The van der Waals surface area contributed by atoms with Gasteiger partial charge in [-0.2, -0.15) is 4.98 Å². The van der Waals surface area contributed by atoms with Gasteiger partial charge in [0.25, 0.3) is 11.8 Å². The molecule has 0 radical (unpaired) electrons. The molecule has 0 saturated carbocycles. The van der Waals surface area contributed by atoms with Gasteiger partial charge in [0.2, 0.25) is 0 Å². The number of anilines is 1. The average molecular weight is 286 g/mol. The van der Waals surface area contributed by atoms with Crippen LogP contribution in [-0.2, 0) is 6.42 Å². The molecular weight excluding hydrogens is 264 g/mol. The maximum Gasteiger partial charge on any atom is 0.266 e. The summed E-state index contributed by atoms with van der Waals surface area (Å²) in [6.45, 7) is 2.69. The molecular formula is C16H22N4O. The van der Waals surface area contributed by atoms with E-state index in [-0.39, 0.29) is 0 Å². The predicted octanol–water partition coefficient (Wildman–Crippen LogP) is 2.62. The molecule has 1 aromatic carbocycles. The molecule has 3 rings (SSSR count). The van der Waals surface area contributed by atoms with E-state index >= 15 is 0 Å². The number of nitrogens with two attached hydrogens (primary N) is 1. The first-order valence-corrected chi connectivity index (χ1v) is 7.75. The van der Waals surface area contributed by atoms with Crippen molar-refractivity contribution in [1.29, 1.82) is 0 Å². The molecule has 0 unspecified atom stereocenters. The number of rotatable bonds is 4. The SMILES string of the molecule is NCCc1cccc(-c2nc(N3CCCCCC3)no2)c1. The molecule has 2 N–H and O–H groups in total. The Hall–Kier alpha value is -1.88. The second kappa shape index (κ2) is 6.72. The topological polar surface area (TPSA) is 68.2 Å². The molecule has 1 aliphatic heterocycles. The van der Waals surface area contributed by atoms with Gasteiger partial charge in [-0.1, -0.05) is 25.0 Å². The highest BCUT2D eigenvalue weighted by Crippen LogP contribution is 2.23. The van der Waals surface area contributed by atoms with E-state index in [0.29, 0.717) is 12.4 Å². The summed E-state index contributed by atoms with van der Waals surface area (Å²) in [5, 5.41) is 4.15. The lowest BCUT2D eigenvalue weighted by Crippen LogP contribution is -2.24. The van der Waals surface area contributed by atoms with Crippen molar-refractivity contribution in [3.63, 3.8) is 0 Å². The maximum absolute atomic E-state index is 5.61. The molecule has 0 amide bonds. The van der Waals surface area contributed by atoms with Gasteiger partial charge in [0.15, 0.2) is 0 Å². The molecule has 5 nitrogen and oxygen atoms in total. The second-order valence-corrected chi connectivity index (χ2v) is 5.54. The van der Waals surface area contributed by atoms with E-state index in [9.17, 15) is 0 Å². The molecule has 1 fully saturated rings. The first kappa shape index (κ1) is 14.1. The Morgan fingerprint density at radius 1 is 1.14 bits per heavy atom. The third kappa shape index (κ3) is 3.42. The molecule has 21 heavy (non-hydrogen) atoms. The predicted molar refractivity (Wildman–Crippen MR) is 83.2 cm³/mol. The molecule has 0 spiro atoms. The van der Waals surface area contributed by atoms with Crippen LogP contribution in [0.1, 0.15) is 31.2 Å². The van der Waals surface area contributed by atoms with Crippen molar-refractivity contribution in [1.82, 2.24) is 10.1 Å². The molecule has 1 saturated heterocycles. The summed E-state index contributed by atoms with van der Waals surface area (Å²) in [5.74, 6) is 1.31. The largest absolute Gasteiger partial charge is 0.338 e. The Morgan fingerprint density at radius 3 is 2.71 bits per heavy atom. The first-order chi connectivity index (χ1) is 10.4. The lowest BCUT2D eigenvalue weighted by atomic mass is 10.1. The summed E-state index contributed by atoms with van der Waals surface area (Å²) in [6.07, 6.45) is 5.86. The molecule has 0 atom stereocenters. The van der Waals surface area contributed by atoms with E-state index in [1.165, 1.54) is 31.2 Å². The fourth-order valence-corrected chi connectivity index (χ4v) is 2.76. The Labute approximate surface area is 125 Å². The fourth-order valence-electron chi connectivity index (χ4n) is 2.76. The third-order valence-corrected chi connectivity index (χ3v) is 3.91. The van der Waals surface area contributed by atoms with Crippen molar-refractivity contribution >= 4 is 5.95 Å². The van der Waals surface area contributed by atoms with Crippen molar-refractivity contribution in [2.45, 2.75) is 32.1 Å². The van der Waals surface area contributed by atoms with Crippen LogP contribution in [0, 0.1) is 0 Å². The van der Waals surface area contributed by atoms with E-state index in [4.69, 9.17) is 10.3 Å². The Morgan fingerprint density at radius 2 is 1.95 bits per heavy atom. The van der Waals surface area contributed by atoms with E-state index in [1.807, 2.05) is 12.1 Å². The van der Waals surface area contributed by atoms with Gasteiger partial charge in [0.1, 0.15) is 0 Å². The lowest BCUT2D eigenvalue weighted by Gasteiger charge is -2.16. The normalized spacial score (nSPS) is 16.0. The summed E-state index contributed by atoms with van der Waals surface area (Å²) in [5.41, 5.74) is 7.77. The molecule has 2 aromatic rings. The number of hydrogen-bond donors (Lipinski definition) is 1. The van der Waals surface area contributed by atoms with Gasteiger partial charge in [-0.05, 0) is 48.7 Å². The number of nitrogens with zero attached hydrogens (tertiary/aromatic N) is 3. The minimum absolute atomic E-state index is 0.591. The van der Waals surface area contributed by atoms with Crippen LogP contribution in [0.5, 0.6) is 0 Å². The number of benzene rings is 1. The van der Waals surface area contributed by atoms with E-state index in [1.54, 1.807) is 0 Å². The van der Waals surface area contributed by atoms with Crippen LogP contribution in [0.3, 0.4) is 0 Å². The van der Waals surface area contributed by atoms with Crippen molar-refractivity contribution in [2.24, 2.45) is 5.73 Å². The highest BCUT2D eigenvalue weighted by Gasteiger charge is 2.16. The zero-order chi connectivity index (χ0) is 14.5. The average Bonchev–Trinajstić information content (AvgIpc) is 2.84. The van der Waals surface area contributed by atoms with Gasteiger partial charge in [0.05, 0.1) is 0 Å². The minimum atomic E-state index is 0.591. The summed E-state index contributed by atoms with van der Waals surface area (Å²) in [6, 6.07) is 8.16. The van der Waals surface area contributed by atoms with Gasteiger partial charge in [-0.15, -0.1) is 0 Å². The van der Waals surface area contributed by atoms with Crippen LogP contribution in [-0.4, -0.2) is 29.8 Å². The van der Waals surface area contributed by atoms with Gasteiger partial charge < -0.3 is 15.2 Å². The third-order valence-electron chi connectivity index (χ3n) is 3.91. The Kier molecular flexibility index (Phi) is 4.50. The summed E-state index contributed by atoms with van der Waals surface area (Å²) in [4.78, 5) is 6.79. The number of hydrogen-bond acceptors (Lipinski definition) is 5. The lowest BCUT2D eigenvalue weighted by molar-refractivity contribution is 0.429. The van der Waals surface area contributed by atoms with Crippen molar-refractivity contribution in [2.75, 3.05) is 24.5 Å². The van der Waals surface area contributed by atoms with E-state index < -0.39 is 0 Å². The first-order valence-electron chi connectivity index (χ1n) is 7.75. The van der Waals surface area contributed by atoms with Crippen LogP contribution in [0.15, 0.2) is 28.8 Å². The summed E-state index contributed by atoms with van der Waals surface area (Å²) < 4.78 is 5.44. The molecule has 0 bridgehead atoms. The molecule has 112 valence electrons. The van der Waals surface area contributed by atoms with Gasteiger partial charge >= 0.3 is 0 Å². The zero-order valence-electron chi connectivity index (χ0n) is 12.3. The fraction of sp³-hybridized carbons (Fsp3) is 0.500. The van der Waals surface area contributed by atoms with Crippen LogP contribution in [0.2, 0.25) is 0 Å². The molecule has 0 aliphatic carbocycles. The van der Waals surface area contributed by atoms with E-state index in [2.05, 4.69) is 27.2 Å². The van der Waals surface area contributed by atoms with Crippen molar-refractivity contribution in [3.8, 4) is 11.5 Å². The minimum Gasteiger partial charge on any atom is -0.338 e. The van der Waals surface area contributed by atoms with Gasteiger partial charge in [-0.3, -0.25) is 0 Å². The van der Waals surface area contributed by atoms with Gasteiger partial charge in [-0.25, -0.2) is 0 Å². The highest BCUT2D eigenvalue weighted by atomic mass is 16.5. The van der Waals surface area contributed by atoms with Crippen molar-refractivity contribution < 1.29 is 4.52 Å². The smallest absolute Gasteiger partial charge is 0.266 e. The summed E-state index contributed by atoms with van der Waals surface area (Å²) >= 11 is 0. The Bertz CT molecular complexity index is 573.